The van der Waals surface area contributed by atoms with Crippen molar-refractivity contribution in [2.45, 2.75) is 32.2 Å². The van der Waals surface area contributed by atoms with Gasteiger partial charge in [-0.25, -0.2) is 0 Å². The molecular weight excluding hydrogens is 282 g/mol. The summed E-state index contributed by atoms with van der Waals surface area (Å²) in [6.45, 7) is 5.16. The van der Waals surface area contributed by atoms with E-state index in [2.05, 4.69) is 25.2 Å². The molecule has 2 nitrogen and oxygen atoms in total. The second-order valence-electron chi connectivity index (χ2n) is 5.65. The number of benzene rings is 2. The summed E-state index contributed by atoms with van der Waals surface area (Å²) in [5.41, 5.74) is 2.36. The molecule has 2 rings (SSSR count). The summed E-state index contributed by atoms with van der Waals surface area (Å²) in [5, 5.41) is 13.7. The highest BCUT2D eigenvalue weighted by atomic mass is 35.5. The number of phenols is 1. The molecule has 2 aromatic carbocycles. The lowest BCUT2D eigenvalue weighted by molar-refractivity contribution is 0.474. The minimum Gasteiger partial charge on any atom is -0.508 e. The van der Waals surface area contributed by atoms with E-state index in [0.717, 1.165) is 18.0 Å². The van der Waals surface area contributed by atoms with Crippen LogP contribution in [0.25, 0.3) is 0 Å². The van der Waals surface area contributed by atoms with Gasteiger partial charge in [0.15, 0.2) is 0 Å². The van der Waals surface area contributed by atoms with E-state index < -0.39 is 0 Å². The topological polar surface area (TPSA) is 32.3 Å². The zero-order valence-corrected chi connectivity index (χ0v) is 13.3. The van der Waals surface area contributed by atoms with Crippen LogP contribution in [0.15, 0.2) is 48.5 Å². The van der Waals surface area contributed by atoms with Gasteiger partial charge in [0, 0.05) is 23.5 Å². The van der Waals surface area contributed by atoms with Crippen molar-refractivity contribution in [1.29, 1.82) is 0 Å². The molecule has 112 valence electrons. The molecule has 0 fully saturated rings. The Hall–Kier alpha value is -1.51. The van der Waals surface area contributed by atoms with E-state index in [1.165, 1.54) is 11.1 Å². The van der Waals surface area contributed by atoms with Crippen LogP contribution in [0.5, 0.6) is 5.75 Å². The molecular formula is C18H22ClNO. The fraction of sp³-hybridized carbons (Fsp3) is 0.333. The van der Waals surface area contributed by atoms with Gasteiger partial charge in [0.05, 0.1) is 0 Å². The van der Waals surface area contributed by atoms with Crippen LogP contribution in [-0.2, 0) is 6.42 Å². The van der Waals surface area contributed by atoms with Crippen molar-refractivity contribution >= 4 is 11.6 Å². The van der Waals surface area contributed by atoms with Crippen molar-refractivity contribution in [3.05, 3.63) is 64.7 Å². The van der Waals surface area contributed by atoms with Crippen LogP contribution in [0, 0.1) is 0 Å². The highest BCUT2D eigenvalue weighted by Crippen LogP contribution is 2.27. The van der Waals surface area contributed by atoms with E-state index in [-0.39, 0.29) is 0 Å². The Morgan fingerprint density at radius 1 is 1.05 bits per heavy atom. The molecule has 0 aromatic heterocycles. The number of aromatic hydroxyl groups is 1. The highest BCUT2D eigenvalue weighted by molar-refractivity contribution is 6.31. The standard InChI is InChI=1S/C18H22ClNO/c1-13(2)20-12-15(17-5-3-4-6-18(17)19)11-14-7-9-16(21)10-8-14/h3-10,13,15,20-21H,11-12H2,1-2H3. The number of hydrogen-bond acceptors (Lipinski definition) is 2. The second kappa shape index (κ2) is 7.48. The molecule has 0 radical (unpaired) electrons. The molecule has 0 saturated heterocycles. The molecule has 0 heterocycles. The van der Waals surface area contributed by atoms with Crippen molar-refractivity contribution < 1.29 is 5.11 Å². The fourth-order valence-electron chi connectivity index (χ4n) is 2.39. The Labute approximate surface area is 131 Å². The van der Waals surface area contributed by atoms with Gasteiger partial charge in [-0.3, -0.25) is 0 Å². The second-order valence-corrected chi connectivity index (χ2v) is 6.06. The summed E-state index contributed by atoms with van der Waals surface area (Å²) in [4.78, 5) is 0. The normalized spacial score (nSPS) is 12.6. The van der Waals surface area contributed by atoms with Crippen LogP contribution in [0.3, 0.4) is 0 Å². The molecule has 21 heavy (non-hydrogen) atoms. The molecule has 1 unspecified atom stereocenters. The SMILES string of the molecule is CC(C)NCC(Cc1ccc(O)cc1)c1ccccc1Cl. The monoisotopic (exact) mass is 303 g/mol. The lowest BCUT2D eigenvalue weighted by Crippen LogP contribution is -2.29. The third kappa shape index (κ3) is 4.76. The van der Waals surface area contributed by atoms with Crippen LogP contribution < -0.4 is 5.32 Å². The van der Waals surface area contributed by atoms with Crippen molar-refractivity contribution in [2.75, 3.05) is 6.54 Å². The number of hydrogen-bond donors (Lipinski definition) is 2. The third-order valence-corrected chi connectivity index (χ3v) is 3.88. The number of halogens is 1. The summed E-state index contributed by atoms with van der Waals surface area (Å²) >= 11 is 6.36. The van der Waals surface area contributed by atoms with Gasteiger partial charge >= 0.3 is 0 Å². The van der Waals surface area contributed by atoms with Gasteiger partial charge in [-0.05, 0) is 35.7 Å². The van der Waals surface area contributed by atoms with Crippen LogP contribution in [0.4, 0.5) is 0 Å². The van der Waals surface area contributed by atoms with E-state index >= 15 is 0 Å². The molecule has 0 spiro atoms. The lowest BCUT2D eigenvalue weighted by Gasteiger charge is -2.21. The van der Waals surface area contributed by atoms with E-state index in [4.69, 9.17) is 11.6 Å². The zero-order chi connectivity index (χ0) is 15.2. The van der Waals surface area contributed by atoms with E-state index in [9.17, 15) is 5.11 Å². The van der Waals surface area contributed by atoms with Crippen molar-refractivity contribution in [3.8, 4) is 5.75 Å². The first-order chi connectivity index (χ1) is 10.1. The first-order valence-electron chi connectivity index (χ1n) is 7.32. The number of nitrogens with one attached hydrogen (secondary N) is 1. The molecule has 0 aliphatic carbocycles. The summed E-state index contributed by atoms with van der Waals surface area (Å²) in [5.74, 6) is 0.610. The van der Waals surface area contributed by atoms with Crippen LogP contribution in [-0.4, -0.2) is 17.7 Å². The molecule has 0 aliphatic heterocycles. The molecule has 3 heteroatoms. The van der Waals surface area contributed by atoms with Crippen LogP contribution >= 0.6 is 11.6 Å². The van der Waals surface area contributed by atoms with Gasteiger partial charge in [0.1, 0.15) is 5.75 Å². The van der Waals surface area contributed by atoms with Gasteiger partial charge in [-0.15, -0.1) is 0 Å². The smallest absolute Gasteiger partial charge is 0.115 e. The van der Waals surface area contributed by atoms with Crippen molar-refractivity contribution in [1.82, 2.24) is 5.32 Å². The predicted octanol–water partition coefficient (Wildman–Crippen LogP) is 4.37. The molecule has 1 atom stereocenters. The molecule has 2 aromatic rings. The van der Waals surface area contributed by atoms with Crippen LogP contribution in [0.2, 0.25) is 5.02 Å². The molecule has 2 N–H and O–H groups in total. The summed E-state index contributed by atoms with van der Waals surface area (Å²) < 4.78 is 0. The number of phenolic OH excluding ortho intramolecular Hbond substituents is 1. The Morgan fingerprint density at radius 3 is 2.33 bits per heavy atom. The fourth-order valence-corrected chi connectivity index (χ4v) is 2.68. The van der Waals surface area contributed by atoms with Gasteiger partial charge in [0.25, 0.3) is 0 Å². The predicted molar refractivity (Wildman–Crippen MR) is 89.1 cm³/mol. The maximum atomic E-state index is 9.39. The summed E-state index contributed by atoms with van der Waals surface area (Å²) in [6, 6.07) is 15.9. The Kier molecular flexibility index (Phi) is 5.66. The lowest BCUT2D eigenvalue weighted by atomic mass is 9.91. The van der Waals surface area contributed by atoms with Crippen LogP contribution in [0.1, 0.15) is 30.9 Å². The largest absolute Gasteiger partial charge is 0.508 e. The Morgan fingerprint density at radius 2 is 1.71 bits per heavy atom. The van der Waals surface area contributed by atoms with Crippen molar-refractivity contribution in [2.24, 2.45) is 0 Å². The minimum atomic E-state index is 0.299. The van der Waals surface area contributed by atoms with E-state index in [1.807, 2.05) is 30.3 Å². The Bertz CT molecular complexity index is 566. The Balaban J connectivity index is 2.19. The maximum Gasteiger partial charge on any atom is 0.115 e. The van der Waals surface area contributed by atoms with Gasteiger partial charge in [0.2, 0.25) is 0 Å². The molecule has 0 saturated carbocycles. The molecule has 0 bridgehead atoms. The van der Waals surface area contributed by atoms with Gasteiger partial charge in [-0.1, -0.05) is 55.8 Å². The van der Waals surface area contributed by atoms with E-state index in [0.29, 0.717) is 17.7 Å². The van der Waals surface area contributed by atoms with Gasteiger partial charge < -0.3 is 10.4 Å². The summed E-state index contributed by atoms with van der Waals surface area (Å²) in [6.07, 6.45) is 0.893. The first kappa shape index (κ1) is 15.9. The first-order valence-corrected chi connectivity index (χ1v) is 7.69. The van der Waals surface area contributed by atoms with Crippen molar-refractivity contribution in [3.63, 3.8) is 0 Å². The third-order valence-electron chi connectivity index (χ3n) is 3.54. The quantitative estimate of drug-likeness (QED) is 0.830. The average molecular weight is 304 g/mol. The number of rotatable bonds is 6. The van der Waals surface area contributed by atoms with Gasteiger partial charge in [-0.2, -0.15) is 0 Å². The zero-order valence-electron chi connectivity index (χ0n) is 12.5. The molecule has 0 aliphatic rings. The minimum absolute atomic E-state index is 0.299. The average Bonchev–Trinajstić information content (AvgIpc) is 2.46. The van der Waals surface area contributed by atoms with E-state index in [1.54, 1.807) is 12.1 Å². The highest BCUT2D eigenvalue weighted by Gasteiger charge is 2.15. The maximum absolute atomic E-state index is 9.39. The summed E-state index contributed by atoms with van der Waals surface area (Å²) in [7, 11) is 0. The molecule has 0 amide bonds.